The minimum atomic E-state index is -0.700. The van der Waals surface area contributed by atoms with E-state index in [0.717, 1.165) is 34.4 Å². The number of benzene rings is 4. The topological polar surface area (TPSA) is 104 Å². The van der Waals surface area contributed by atoms with E-state index in [4.69, 9.17) is 4.84 Å². The van der Waals surface area contributed by atoms with E-state index in [9.17, 15) is 24.1 Å². The van der Waals surface area contributed by atoms with Crippen molar-refractivity contribution in [2.24, 2.45) is 5.16 Å². The Morgan fingerprint density at radius 2 is 1.51 bits per heavy atom. The Hall–Kier alpha value is -5.18. The molecular weight excluding hydrogens is 477 g/mol. The first-order chi connectivity index (χ1) is 17.8. The highest BCUT2D eigenvalue weighted by molar-refractivity contribution is 6.51. The van der Waals surface area contributed by atoms with Gasteiger partial charge in [-0.1, -0.05) is 23.4 Å². The van der Waals surface area contributed by atoms with Crippen molar-refractivity contribution < 1.29 is 23.7 Å². The molecule has 1 aromatic heterocycles. The molecule has 0 saturated carbocycles. The van der Waals surface area contributed by atoms with Gasteiger partial charge < -0.3 is 9.40 Å². The van der Waals surface area contributed by atoms with Crippen LogP contribution >= 0.6 is 0 Å². The van der Waals surface area contributed by atoms with Crippen LogP contribution in [0.5, 0.6) is 0 Å². The standard InChI is InChI=1S/C28H18FN3O5/c1-17(33)37-30-27(18-6-10-20(29)11-7-18)28(34)19-8-12-21(13-9-19)31-25-5-3-2-4-23(25)24-16-22(32(35)36)14-15-26(24)31/h2-16H,1H3/b30-27-. The Bertz CT molecular complexity index is 1720. The number of oxime groups is 1. The fraction of sp³-hybridized carbons (Fsp3) is 0.0357. The summed E-state index contributed by atoms with van der Waals surface area (Å²) >= 11 is 0. The first kappa shape index (κ1) is 23.6. The van der Waals surface area contributed by atoms with Crippen LogP contribution in [-0.2, 0) is 9.63 Å². The minimum Gasteiger partial charge on any atom is -0.318 e. The van der Waals surface area contributed by atoms with Gasteiger partial charge in [-0.2, -0.15) is 0 Å². The van der Waals surface area contributed by atoms with Crippen molar-refractivity contribution in [1.29, 1.82) is 0 Å². The number of nitrogens with zero attached hydrogens (tertiary/aromatic N) is 3. The van der Waals surface area contributed by atoms with Crippen LogP contribution in [0.4, 0.5) is 10.1 Å². The van der Waals surface area contributed by atoms with Gasteiger partial charge in [0, 0.05) is 46.6 Å². The summed E-state index contributed by atoms with van der Waals surface area (Å²) in [5, 5.41) is 16.6. The minimum absolute atomic E-state index is 0.00302. The number of para-hydroxylation sites is 1. The Morgan fingerprint density at radius 3 is 2.19 bits per heavy atom. The molecule has 0 aliphatic rings. The summed E-state index contributed by atoms with van der Waals surface area (Å²) in [6.45, 7) is 1.16. The van der Waals surface area contributed by atoms with E-state index in [-0.39, 0.29) is 17.0 Å². The number of nitro groups is 1. The van der Waals surface area contributed by atoms with E-state index in [1.165, 1.54) is 30.3 Å². The van der Waals surface area contributed by atoms with Gasteiger partial charge in [-0.05, 0) is 60.7 Å². The van der Waals surface area contributed by atoms with Crippen molar-refractivity contribution in [2.75, 3.05) is 0 Å². The molecule has 8 nitrogen and oxygen atoms in total. The number of halogens is 1. The zero-order chi connectivity index (χ0) is 26.1. The first-order valence-electron chi connectivity index (χ1n) is 11.2. The van der Waals surface area contributed by atoms with Crippen LogP contribution in [0.15, 0.2) is 96.2 Å². The molecule has 0 aliphatic carbocycles. The number of carbonyl (C=O) groups excluding carboxylic acids is 2. The molecule has 9 heteroatoms. The lowest BCUT2D eigenvalue weighted by molar-refractivity contribution is -0.384. The Labute approximate surface area is 209 Å². The molecular formula is C28H18FN3O5. The number of hydrogen-bond acceptors (Lipinski definition) is 6. The van der Waals surface area contributed by atoms with E-state index >= 15 is 0 Å². The zero-order valence-corrected chi connectivity index (χ0v) is 19.4. The van der Waals surface area contributed by atoms with E-state index in [0.29, 0.717) is 5.56 Å². The molecule has 5 rings (SSSR count). The highest BCUT2D eigenvalue weighted by Gasteiger charge is 2.20. The fourth-order valence-electron chi connectivity index (χ4n) is 4.19. The van der Waals surface area contributed by atoms with Crippen LogP contribution in [0.2, 0.25) is 0 Å². The predicted molar refractivity (Wildman–Crippen MR) is 136 cm³/mol. The second kappa shape index (κ2) is 9.46. The predicted octanol–water partition coefficient (Wildman–Crippen LogP) is 5.98. The highest BCUT2D eigenvalue weighted by Crippen LogP contribution is 2.34. The molecule has 4 aromatic carbocycles. The summed E-state index contributed by atoms with van der Waals surface area (Å²) in [6.07, 6.45) is 0. The van der Waals surface area contributed by atoms with Crippen LogP contribution in [0.3, 0.4) is 0 Å². The number of fused-ring (bicyclic) bond motifs is 3. The molecule has 0 N–H and O–H groups in total. The van der Waals surface area contributed by atoms with Gasteiger partial charge in [-0.15, -0.1) is 0 Å². The van der Waals surface area contributed by atoms with Gasteiger partial charge in [0.25, 0.3) is 5.69 Å². The molecule has 0 radical (unpaired) electrons. The van der Waals surface area contributed by atoms with Crippen molar-refractivity contribution >= 4 is 45.0 Å². The second-order valence-electron chi connectivity index (χ2n) is 8.22. The van der Waals surface area contributed by atoms with Crippen LogP contribution in [0.1, 0.15) is 22.8 Å². The second-order valence-corrected chi connectivity index (χ2v) is 8.22. The van der Waals surface area contributed by atoms with Crippen molar-refractivity contribution in [3.63, 3.8) is 0 Å². The zero-order valence-electron chi connectivity index (χ0n) is 19.4. The molecule has 0 fully saturated rings. The molecule has 37 heavy (non-hydrogen) atoms. The lowest BCUT2D eigenvalue weighted by Gasteiger charge is -2.10. The summed E-state index contributed by atoms with van der Waals surface area (Å²) < 4.78 is 15.4. The van der Waals surface area contributed by atoms with Gasteiger partial charge in [0.05, 0.1) is 16.0 Å². The van der Waals surface area contributed by atoms with Gasteiger partial charge in [0.15, 0.2) is 5.71 Å². The highest BCUT2D eigenvalue weighted by atomic mass is 19.1. The number of nitro benzene ring substituents is 1. The summed E-state index contributed by atoms with van der Waals surface area (Å²) in [4.78, 5) is 40.2. The van der Waals surface area contributed by atoms with Crippen molar-refractivity contribution in [3.05, 3.63) is 118 Å². The number of aromatic nitrogens is 1. The molecule has 0 bridgehead atoms. The third kappa shape index (κ3) is 4.45. The number of ketones is 1. The van der Waals surface area contributed by atoms with Crippen LogP contribution in [0.25, 0.3) is 27.5 Å². The monoisotopic (exact) mass is 495 g/mol. The van der Waals surface area contributed by atoms with Crippen LogP contribution < -0.4 is 0 Å². The summed E-state index contributed by atoms with van der Waals surface area (Å²) in [5.74, 6) is -1.70. The van der Waals surface area contributed by atoms with Gasteiger partial charge in [0.1, 0.15) is 5.82 Å². The molecule has 0 saturated heterocycles. The van der Waals surface area contributed by atoms with Gasteiger partial charge in [-0.3, -0.25) is 14.9 Å². The average Bonchev–Trinajstić information content (AvgIpc) is 3.23. The van der Waals surface area contributed by atoms with Gasteiger partial charge in [-0.25, -0.2) is 9.18 Å². The quantitative estimate of drug-likeness (QED) is 0.0948. The lowest BCUT2D eigenvalue weighted by atomic mass is 10.0. The lowest BCUT2D eigenvalue weighted by Crippen LogP contribution is -2.17. The maximum atomic E-state index is 13.4. The summed E-state index contributed by atoms with van der Waals surface area (Å²) in [7, 11) is 0. The van der Waals surface area contributed by atoms with E-state index in [2.05, 4.69) is 5.16 Å². The smallest absolute Gasteiger partial charge is 0.318 e. The first-order valence-corrected chi connectivity index (χ1v) is 11.2. The normalized spacial score (nSPS) is 11.6. The molecule has 1 heterocycles. The molecule has 0 atom stereocenters. The number of hydrogen-bond donors (Lipinski definition) is 0. The van der Waals surface area contributed by atoms with Gasteiger partial charge >= 0.3 is 5.97 Å². The number of non-ortho nitro benzene ring substituents is 1. The summed E-state index contributed by atoms with van der Waals surface area (Å²) in [6, 6.07) is 24.1. The van der Waals surface area contributed by atoms with Crippen molar-refractivity contribution in [2.45, 2.75) is 6.92 Å². The number of Topliss-reactive ketones (excluding diaryl/α,β-unsaturated/α-hetero) is 1. The average molecular weight is 495 g/mol. The Morgan fingerprint density at radius 1 is 0.865 bits per heavy atom. The van der Waals surface area contributed by atoms with Crippen molar-refractivity contribution in [3.8, 4) is 5.69 Å². The van der Waals surface area contributed by atoms with E-state index in [1.54, 1.807) is 36.4 Å². The van der Waals surface area contributed by atoms with E-state index in [1.807, 2.05) is 28.8 Å². The third-order valence-corrected chi connectivity index (χ3v) is 5.85. The SMILES string of the molecule is CC(=O)O/N=C(\C(=O)c1ccc(-n2c3ccccc3c3cc([N+](=O)[O-])ccc32)cc1)c1ccc(F)cc1. The molecule has 0 aliphatic heterocycles. The third-order valence-electron chi connectivity index (χ3n) is 5.85. The molecule has 0 amide bonds. The Kier molecular flexibility index (Phi) is 6.02. The van der Waals surface area contributed by atoms with E-state index < -0.39 is 22.5 Å². The van der Waals surface area contributed by atoms with Gasteiger partial charge in [0.2, 0.25) is 5.78 Å². The molecule has 182 valence electrons. The van der Waals surface area contributed by atoms with Crippen molar-refractivity contribution in [1.82, 2.24) is 4.57 Å². The Balaban J connectivity index is 1.58. The molecule has 0 spiro atoms. The fourth-order valence-corrected chi connectivity index (χ4v) is 4.19. The van der Waals surface area contributed by atoms with Crippen LogP contribution in [0, 0.1) is 15.9 Å². The maximum absolute atomic E-state index is 13.4. The number of rotatable bonds is 6. The molecule has 0 unspecified atom stereocenters. The summed E-state index contributed by atoms with van der Waals surface area (Å²) in [5.41, 5.74) is 2.77. The number of carbonyl (C=O) groups is 2. The largest absolute Gasteiger partial charge is 0.332 e. The van der Waals surface area contributed by atoms with Crippen LogP contribution in [-0.4, -0.2) is 27.0 Å². The molecule has 5 aromatic rings. The maximum Gasteiger partial charge on any atom is 0.332 e.